The topological polar surface area (TPSA) is 18.5 Å². The molecule has 25 heavy (non-hydrogen) atoms. The van der Waals surface area contributed by atoms with Gasteiger partial charge in [-0.3, -0.25) is 0 Å². The van der Waals surface area contributed by atoms with E-state index in [4.69, 9.17) is 8.06 Å². The molecule has 143 valence electrons. The Balaban J connectivity index is 0.00000288. The van der Waals surface area contributed by atoms with Crippen LogP contribution < -0.4 is 8.06 Å². The van der Waals surface area contributed by atoms with Crippen LogP contribution in [0.15, 0.2) is 39.8 Å². The maximum atomic E-state index is 6.80. The van der Waals surface area contributed by atoms with Crippen LogP contribution in [-0.2, 0) is 20.4 Å². The van der Waals surface area contributed by atoms with Gasteiger partial charge in [-0.15, -0.1) is 24.8 Å². The first-order valence-electron chi connectivity index (χ1n) is 8.39. The quantitative estimate of drug-likeness (QED) is 0.582. The summed E-state index contributed by atoms with van der Waals surface area (Å²) in [4.78, 5) is 0. The van der Waals surface area contributed by atoms with Gasteiger partial charge in [0.25, 0.3) is 0 Å². The molecular formula is C19H33Cl2O2SiTi. The van der Waals surface area contributed by atoms with E-state index >= 15 is 0 Å². The summed E-state index contributed by atoms with van der Waals surface area (Å²) in [6.07, 6.45) is 5.59. The number of rotatable bonds is 4. The smallest absolute Gasteiger partial charge is 0.147 e. The van der Waals surface area contributed by atoms with E-state index in [1.54, 1.807) is 11.0 Å². The van der Waals surface area contributed by atoms with Gasteiger partial charge in [-0.05, 0) is 0 Å². The second-order valence-corrected chi connectivity index (χ2v) is 31.5. The van der Waals surface area contributed by atoms with Crippen molar-refractivity contribution in [2.24, 2.45) is 0 Å². The molecule has 1 aliphatic carbocycles. The fourth-order valence-electron chi connectivity index (χ4n) is 3.29. The van der Waals surface area contributed by atoms with E-state index < -0.39 is 14.9 Å². The average molecular weight is 440 g/mol. The monoisotopic (exact) mass is 439 g/mol. The normalized spacial score (nSPS) is 15.9. The number of hydrogen-bond donors (Lipinski definition) is 0. The molecule has 2 nitrogen and oxygen atoms in total. The second-order valence-electron chi connectivity index (χ2n) is 8.98. The van der Waals surface area contributed by atoms with Crippen LogP contribution in [0.1, 0.15) is 39.7 Å². The molecule has 1 aromatic rings. The van der Waals surface area contributed by atoms with E-state index in [-0.39, 0.29) is 30.2 Å². The predicted octanol–water partition coefficient (Wildman–Crippen LogP) is 5.43. The van der Waals surface area contributed by atoms with Gasteiger partial charge in [0.05, 0.1) is 0 Å². The van der Waals surface area contributed by atoms with Crippen LogP contribution in [0.2, 0.25) is 10.5 Å². The fourth-order valence-corrected chi connectivity index (χ4v) is 11.9. The van der Waals surface area contributed by atoms with Crippen molar-refractivity contribution in [1.29, 1.82) is 0 Å². The van der Waals surface area contributed by atoms with E-state index in [1.807, 2.05) is 6.07 Å². The summed E-state index contributed by atoms with van der Waals surface area (Å²) in [6, 6.07) is 6.37. The van der Waals surface area contributed by atoms with E-state index in [1.165, 1.54) is 11.1 Å². The van der Waals surface area contributed by atoms with Crippen LogP contribution >= 0.6 is 24.8 Å². The third-order valence-electron chi connectivity index (χ3n) is 4.65. The molecule has 0 unspecified atom stereocenters. The average Bonchev–Trinajstić information content (AvgIpc) is 2.83. The molecule has 2 rings (SSSR count). The van der Waals surface area contributed by atoms with Gasteiger partial charge in [0.1, 0.15) is 0 Å². The number of allylic oxidation sites excluding steroid dienone is 4. The Labute approximate surface area is 169 Å². The molecule has 0 spiro atoms. The summed E-state index contributed by atoms with van der Waals surface area (Å²) < 4.78 is 13.9. The minimum atomic E-state index is -3.04. The molecule has 0 radical (unpaired) electrons. The first-order chi connectivity index (χ1) is 10.4. The molecule has 0 fully saturated rings. The molecule has 0 saturated heterocycles. The molecule has 1 aliphatic rings. The van der Waals surface area contributed by atoms with E-state index in [0.717, 1.165) is 26.0 Å². The Morgan fingerprint density at radius 3 is 2.04 bits per heavy atom. The molecule has 0 N–H and O–H groups in total. The summed E-state index contributed by atoms with van der Waals surface area (Å²) in [5.74, 6) is 1.85. The number of ether oxygens (including phenoxy) is 1. The molecule has 1 aromatic carbocycles. The molecule has 0 bridgehead atoms. The Morgan fingerprint density at radius 2 is 1.60 bits per heavy atom. The molecule has 0 aliphatic heterocycles. The summed E-state index contributed by atoms with van der Waals surface area (Å²) in [7, 11) is 2.81. The van der Waals surface area contributed by atoms with Gasteiger partial charge < -0.3 is 0 Å². The number of halogens is 2. The van der Waals surface area contributed by atoms with Crippen LogP contribution in [0.3, 0.4) is 0 Å². The van der Waals surface area contributed by atoms with Gasteiger partial charge in [0.15, 0.2) is 0 Å². The van der Waals surface area contributed by atoms with Gasteiger partial charge in [0.2, 0.25) is 0 Å². The number of methoxy groups -OCH3 is 1. The van der Waals surface area contributed by atoms with Crippen LogP contribution in [0, 0.1) is 0 Å². The van der Waals surface area contributed by atoms with E-state index in [9.17, 15) is 0 Å². The molecular weight excluding hydrogens is 407 g/mol. The summed E-state index contributed by atoms with van der Waals surface area (Å²) >= 11 is -3.04. The molecule has 0 saturated carbocycles. The van der Waals surface area contributed by atoms with Crippen molar-refractivity contribution in [3.63, 3.8) is 0 Å². The third kappa shape index (κ3) is 5.90. The zero-order valence-electron chi connectivity index (χ0n) is 16.7. The Morgan fingerprint density at radius 1 is 1.04 bits per heavy atom. The first-order valence-corrected chi connectivity index (χ1v) is 18.6. The van der Waals surface area contributed by atoms with Crippen molar-refractivity contribution in [3.8, 4) is 11.5 Å². The van der Waals surface area contributed by atoms with E-state index in [0.29, 0.717) is 0 Å². The largest absolute Gasteiger partial charge is 0.147 e. The SMILES string of the molecule is COc1cc([O][Ti]([CH3])([CH3])([SiH3])[C]2=C(C)C=CC2)cc(C(C)(C)C)c1.Cl.Cl. The zero-order chi connectivity index (χ0) is 17.5. The number of benzene rings is 1. The summed E-state index contributed by atoms with van der Waals surface area (Å²) in [5.41, 5.74) is 2.75. The standard InChI is InChI=1S/C11H16O2.C6H7.2CH3.2ClH.H3Si.Ti/c1-11(2,3)8-5-9(12)7-10(6-8)13-4;1-6-4-2-3-5-6;;;;;;/h5-7,12H,1-4H3;2,4H,3H2,1H3;2*1H3;2*1H;1H3;/q;;;;;;;+1/p-1. The van der Waals surface area contributed by atoms with Crippen molar-refractivity contribution in [3.05, 3.63) is 45.4 Å². The predicted molar refractivity (Wildman–Crippen MR) is 115 cm³/mol. The minimum absolute atomic E-state index is 0. The molecule has 0 aromatic heterocycles. The molecule has 0 heterocycles. The second kappa shape index (κ2) is 8.23. The Bertz CT molecular complexity index is 683. The van der Waals surface area contributed by atoms with Gasteiger partial charge >= 0.3 is 145 Å². The maximum Gasteiger partial charge on any atom is -0.147 e. The summed E-state index contributed by atoms with van der Waals surface area (Å²) in [6.45, 7) is 8.90. The van der Waals surface area contributed by atoms with Crippen molar-refractivity contribution >= 4 is 32.9 Å². The fraction of sp³-hybridized carbons (Fsp3) is 0.474. The van der Waals surface area contributed by atoms with Gasteiger partial charge in [0, 0.05) is 0 Å². The minimum Gasteiger partial charge on any atom is -0.147 e. The first kappa shape index (κ1) is 24.8. The number of hydrogen-bond acceptors (Lipinski definition) is 2. The van der Waals surface area contributed by atoms with Crippen LogP contribution in [0.4, 0.5) is 0 Å². The van der Waals surface area contributed by atoms with Crippen molar-refractivity contribution in [2.75, 3.05) is 7.11 Å². The van der Waals surface area contributed by atoms with Gasteiger partial charge in [-0.2, -0.15) is 0 Å². The summed E-state index contributed by atoms with van der Waals surface area (Å²) in [5, 5.41) is 4.82. The van der Waals surface area contributed by atoms with Gasteiger partial charge in [-0.1, -0.05) is 0 Å². The van der Waals surface area contributed by atoms with Crippen LogP contribution in [0.25, 0.3) is 0 Å². The van der Waals surface area contributed by atoms with Crippen LogP contribution in [0.5, 0.6) is 11.5 Å². The molecule has 0 amide bonds. The Kier molecular flexibility index (Phi) is 8.16. The molecule has 6 heteroatoms. The zero-order valence-corrected chi connectivity index (χ0v) is 21.9. The van der Waals surface area contributed by atoms with Crippen molar-refractivity contribution < 1.29 is 23.0 Å². The van der Waals surface area contributed by atoms with E-state index in [2.05, 4.69) is 62.4 Å². The third-order valence-corrected chi connectivity index (χ3v) is 13.6. The van der Waals surface area contributed by atoms with Crippen molar-refractivity contribution in [1.82, 2.24) is 0 Å². The Hall–Kier alpha value is -0.189. The van der Waals surface area contributed by atoms with Crippen molar-refractivity contribution in [2.45, 2.75) is 50.0 Å². The maximum absolute atomic E-state index is 6.80. The van der Waals surface area contributed by atoms with Crippen LogP contribution in [-0.4, -0.2) is 15.2 Å². The molecule has 0 atom stereocenters. The van der Waals surface area contributed by atoms with Gasteiger partial charge in [-0.25, -0.2) is 0 Å².